The summed E-state index contributed by atoms with van der Waals surface area (Å²) in [6, 6.07) is 0. The van der Waals surface area contributed by atoms with Crippen LogP contribution in [-0.2, 0) is 32.9 Å². The minimum atomic E-state index is -2.60. The lowest BCUT2D eigenvalue weighted by Gasteiger charge is -2.47. The Labute approximate surface area is 276 Å². The van der Waals surface area contributed by atoms with Crippen LogP contribution in [0.3, 0.4) is 0 Å². The molecular formula is C28H56O8Si8. The maximum Gasteiger partial charge on any atom is 0.344 e. The van der Waals surface area contributed by atoms with Gasteiger partial charge in [0.2, 0.25) is 0 Å². The third-order valence-corrected chi connectivity index (χ3v) is 39.3. The van der Waals surface area contributed by atoms with Crippen LogP contribution in [0.1, 0.15) is 27.7 Å². The van der Waals surface area contributed by atoms with E-state index in [0.717, 1.165) is 0 Å². The van der Waals surface area contributed by atoms with Crippen LogP contribution < -0.4 is 0 Å². The first-order valence-electron chi connectivity index (χ1n) is 14.9. The molecule has 0 bridgehead atoms. The molecule has 0 N–H and O–H groups in total. The summed E-state index contributed by atoms with van der Waals surface area (Å²) in [5.41, 5.74) is 15.3. The average molecular weight is 745 g/mol. The molecule has 2 fully saturated rings. The number of hydrogen-bond acceptors (Lipinski definition) is 8. The van der Waals surface area contributed by atoms with Crippen molar-refractivity contribution in [1.29, 1.82) is 0 Å². The summed E-state index contributed by atoms with van der Waals surface area (Å²) in [4.78, 5) is 0. The van der Waals surface area contributed by atoms with Gasteiger partial charge in [0.05, 0.1) is 0 Å². The van der Waals surface area contributed by atoms with Gasteiger partial charge in [0.1, 0.15) is 0 Å². The second-order valence-corrected chi connectivity index (χ2v) is 37.5. The molecule has 16 heteroatoms. The van der Waals surface area contributed by atoms with Gasteiger partial charge in [0.25, 0.3) is 0 Å². The normalized spacial score (nSPS) is 43.9. The molecule has 248 valence electrons. The first kappa shape index (κ1) is 41.4. The summed E-state index contributed by atoms with van der Waals surface area (Å²) < 4.78 is 51.5. The first-order valence-corrected chi connectivity index (χ1v) is 34.0. The Morgan fingerprint density at radius 2 is 0.432 bits per heavy atom. The van der Waals surface area contributed by atoms with Gasteiger partial charge in [0.15, 0.2) is 0 Å². The van der Waals surface area contributed by atoms with E-state index >= 15 is 0 Å². The van der Waals surface area contributed by atoms with Crippen molar-refractivity contribution in [2.24, 2.45) is 0 Å². The highest BCUT2D eigenvalue weighted by Crippen LogP contribution is 2.34. The quantitative estimate of drug-likeness (QED) is 0.231. The smallest absolute Gasteiger partial charge is 0.344 e. The molecule has 0 aromatic carbocycles. The summed E-state index contributed by atoms with van der Waals surface area (Å²) in [6.45, 7) is 39.4. The molecule has 2 saturated heterocycles. The van der Waals surface area contributed by atoms with E-state index in [1.54, 1.807) is 22.8 Å². The fourth-order valence-corrected chi connectivity index (χ4v) is 42.6. The average Bonchev–Trinajstić information content (AvgIpc) is 2.87. The molecule has 4 unspecified atom stereocenters. The standard InChI is InChI=1S/C16H32O4Si4.C12H24O4Si4/c1-9-13-21(5)17-22(6,14-10-2)19-24(8,16-12-4)20-23(7,18-21)15-11-3;1-9-17(5)13-18(6,10-2)15-20(8,12-4)16-19(7,11-3)14-17/h9-16H,1-8H3;9-12H,1-4H2,5-8H3/b13-9-,14-10-,15-11+,16-12+;. The van der Waals surface area contributed by atoms with Crippen molar-refractivity contribution < 1.29 is 32.9 Å². The summed E-state index contributed by atoms with van der Waals surface area (Å²) in [6.07, 6.45) is 8.02. The predicted octanol–water partition coefficient (Wildman–Crippen LogP) is 8.07. The monoisotopic (exact) mass is 744 g/mol. The number of rotatable bonds is 8. The Morgan fingerprint density at radius 1 is 0.295 bits per heavy atom. The van der Waals surface area contributed by atoms with Crippen LogP contribution in [0.5, 0.6) is 0 Å². The van der Waals surface area contributed by atoms with Crippen molar-refractivity contribution in [3.63, 3.8) is 0 Å². The van der Waals surface area contributed by atoms with Crippen molar-refractivity contribution in [3.05, 3.63) is 96.2 Å². The van der Waals surface area contributed by atoms with Crippen molar-refractivity contribution in [2.45, 2.75) is 80.1 Å². The lowest BCUT2D eigenvalue weighted by atomic mass is 10.8. The van der Waals surface area contributed by atoms with Gasteiger partial charge in [-0.3, -0.25) is 0 Å². The topological polar surface area (TPSA) is 73.8 Å². The van der Waals surface area contributed by atoms with E-state index in [-0.39, 0.29) is 0 Å². The van der Waals surface area contributed by atoms with Crippen molar-refractivity contribution >= 4 is 68.5 Å². The highest BCUT2D eigenvalue weighted by molar-refractivity contribution is 6.99. The highest BCUT2D eigenvalue weighted by atomic mass is 28.5. The number of hydrogen-bond donors (Lipinski definition) is 0. The Balaban J connectivity index is 0.000000447. The zero-order chi connectivity index (χ0) is 34.1. The van der Waals surface area contributed by atoms with Crippen LogP contribution >= 0.6 is 0 Å². The Kier molecular flexibility index (Phi) is 15.0. The summed E-state index contributed by atoms with van der Waals surface area (Å²) in [7, 11) is -20.6. The number of allylic oxidation sites excluding steroid dienone is 4. The van der Waals surface area contributed by atoms with Gasteiger partial charge < -0.3 is 32.9 Å². The largest absolute Gasteiger partial charge is 0.410 e. The SMILES string of the molecule is C/C=C\[Si]1(C)O[Si](C)(/C=C\C)O[Si](C)(/C=C/C)O[Si](C)(/C=C/C)O1.C=C[Si]1(C)O[Si](C)(C=C)O[Si](C)(C=C)O[Si](C)(C=C)O1. The van der Waals surface area contributed by atoms with Crippen molar-refractivity contribution in [1.82, 2.24) is 0 Å². The van der Waals surface area contributed by atoms with Crippen LogP contribution in [-0.4, -0.2) is 68.5 Å². The molecule has 4 atom stereocenters. The molecule has 0 spiro atoms. The van der Waals surface area contributed by atoms with E-state index in [9.17, 15) is 0 Å². The molecule has 0 aliphatic carbocycles. The third-order valence-electron chi connectivity index (χ3n) is 6.60. The zero-order valence-corrected chi connectivity index (χ0v) is 37.0. The van der Waals surface area contributed by atoms with Crippen LogP contribution in [0, 0.1) is 0 Å². The van der Waals surface area contributed by atoms with Gasteiger partial charge in [-0.05, 0) is 103 Å². The summed E-state index contributed by atoms with van der Waals surface area (Å²) in [5, 5.41) is 0. The molecule has 0 amide bonds. The van der Waals surface area contributed by atoms with Gasteiger partial charge in [0, 0.05) is 0 Å². The molecule has 2 rings (SSSR count). The molecule has 44 heavy (non-hydrogen) atoms. The maximum absolute atomic E-state index is 6.61. The predicted molar refractivity (Wildman–Crippen MR) is 202 cm³/mol. The van der Waals surface area contributed by atoms with Crippen LogP contribution in [0.2, 0.25) is 52.4 Å². The van der Waals surface area contributed by atoms with Crippen molar-refractivity contribution in [2.75, 3.05) is 0 Å². The van der Waals surface area contributed by atoms with E-state index in [1.807, 2.05) is 78.2 Å². The van der Waals surface area contributed by atoms with Gasteiger partial charge >= 0.3 is 68.5 Å². The molecule has 8 nitrogen and oxygen atoms in total. The Morgan fingerprint density at radius 3 is 0.545 bits per heavy atom. The van der Waals surface area contributed by atoms with E-state index in [0.29, 0.717) is 0 Å². The first-order chi connectivity index (χ1) is 20.1. The second-order valence-electron chi connectivity index (χ2n) is 11.8. The Bertz CT molecular complexity index is 962. The molecule has 0 aromatic heterocycles. The fourth-order valence-electron chi connectivity index (χ4n) is 5.20. The fraction of sp³-hybridized carbons (Fsp3) is 0.429. The molecule has 2 heterocycles. The Hall–Kier alpha value is -0.665. The molecular weight excluding hydrogens is 689 g/mol. The van der Waals surface area contributed by atoms with Gasteiger partial charge in [-0.25, -0.2) is 0 Å². The van der Waals surface area contributed by atoms with E-state index < -0.39 is 68.5 Å². The van der Waals surface area contributed by atoms with Crippen molar-refractivity contribution in [3.8, 4) is 0 Å². The lowest BCUT2D eigenvalue weighted by Crippen LogP contribution is -2.66. The summed E-state index contributed by atoms with van der Waals surface area (Å²) >= 11 is 0. The molecule has 2 aliphatic heterocycles. The molecule has 0 aromatic rings. The highest BCUT2D eigenvalue weighted by Gasteiger charge is 2.55. The maximum atomic E-state index is 6.61. The van der Waals surface area contributed by atoms with Crippen LogP contribution in [0.4, 0.5) is 0 Å². The van der Waals surface area contributed by atoms with Gasteiger partial charge in [-0.2, -0.15) is 0 Å². The molecule has 2 aliphatic rings. The van der Waals surface area contributed by atoms with E-state index in [1.165, 1.54) is 0 Å². The lowest BCUT2D eigenvalue weighted by molar-refractivity contribution is 0.248. The minimum Gasteiger partial charge on any atom is -0.410 e. The van der Waals surface area contributed by atoms with Gasteiger partial charge in [-0.1, -0.05) is 47.1 Å². The third kappa shape index (κ3) is 11.8. The van der Waals surface area contributed by atoms with E-state index in [2.05, 4.69) is 75.3 Å². The zero-order valence-electron chi connectivity index (χ0n) is 29.0. The molecule has 0 saturated carbocycles. The van der Waals surface area contributed by atoms with E-state index in [4.69, 9.17) is 32.9 Å². The second kappa shape index (κ2) is 16.0. The van der Waals surface area contributed by atoms with Crippen LogP contribution in [0.15, 0.2) is 96.2 Å². The van der Waals surface area contributed by atoms with Gasteiger partial charge in [-0.15, -0.1) is 26.3 Å². The summed E-state index contributed by atoms with van der Waals surface area (Å²) in [5.74, 6) is 0. The molecule has 0 radical (unpaired) electrons. The minimum absolute atomic E-state index is 1.75. The van der Waals surface area contributed by atoms with Crippen LogP contribution in [0.25, 0.3) is 0 Å².